The summed E-state index contributed by atoms with van der Waals surface area (Å²) in [5.74, 6) is -0.928. The lowest BCUT2D eigenvalue weighted by Crippen LogP contribution is -2.21. The van der Waals surface area contributed by atoms with Gasteiger partial charge in [0.25, 0.3) is 0 Å². The first kappa shape index (κ1) is 26.3. The highest BCUT2D eigenvalue weighted by atomic mass is 35.5. The van der Waals surface area contributed by atoms with Crippen LogP contribution in [0.2, 0.25) is 5.02 Å². The maximum Gasteiger partial charge on any atom is 0.335 e. The lowest BCUT2D eigenvalue weighted by molar-refractivity contribution is -0.118. The van der Waals surface area contributed by atoms with E-state index in [2.05, 4.69) is 40.5 Å². The molecule has 2 atom stereocenters. The Morgan fingerprint density at radius 2 is 1.74 bits per heavy atom. The van der Waals surface area contributed by atoms with Crippen molar-refractivity contribution < 1.29 is 19.8 Å². The van der Waals surface area contributed by atoms with E-state index in [1.165, 1.54) is 18.5 Å². The van der Waals surface area contributed by atoms with Crippen molar-refractivity contribution in [3.05, 3.63) is 81.9 Å². The van der Waals surface area contributed by atoms with Crippen molar-refractivity contribution in [1.82, 2.24) is 0 Å². The topological polar surface area (TPSA) is 89.9 Å². The van der Waals surface area contributed by atoms with E-state index in [1.54, 1.807) is 6.07 Å². The quantitative estimate of drug-likeness (QED) is 0.353. The Balaban J connectivity index is 0.00000144. The molecule has 3 aromatic rings. The standard InChI is InChI=1S/C30H29ClN2O3.CH4O/c1-17(2)21-10-7-19(13-23(21)28(34)35)25-16-30(25)24-14-22(26(31)15-27(24)32-29(30)36)18-5-8-20(9-6-18)33-11-3-4-12-33;1-2/h5-10,13-15,17,25H,3-4,11-12,16H2,1-2H3,(H,32,36)(H,34,35);2H,1H3. The van der Waals surface area contributed by atoms with Crippen LogP contribution in [0.4, 0.5) is 11.4 Å². The first-order valence-corrected chi connectivity index (χ1v) is 13.5. The van der Waals surface area contributed by atoms with Gasteiger partial charge in [0.05, 0.1) is 16.0 Å². The average molecular weight is 533 g/mol. The summed E-state index contributed by atoms with van der Waals surface area (Å²) in [5, 5.41) is 20.4. The van der Waals surface area contributed by atoms with Crippen molar-refractivity contribution in [2.45, 2.75) is 50.4 Å². The number of fused-ring (bicyclic) bond motifs is 2. The van der Waals surface area contributed by atoms with Crippen molar-refractivity contribution in [2.24, 2.45) is 0 Å². The van der Waals surface area contributed by atoms with E-state index in [1.807, 2.05) is 32.0 Å². The van der Waals surface area contributed by atoms with E-state index in [0.29, 0.717) is 17.0 Å². The molecule has 6 rings (SSSR count). The summed E-state index contributed by atoms with van der Waals surface area (Å²) in [6.45, 7) is 6.17. The third-order valence-corrected chi connectivity index (χ3v) is 8.50. The number of carboxylic acid groups (broad SMARTS) is 1. The number of aromatic carboxylic acids is 1. The highest BCUT2D eigenvalue weighted by Crippen LogP contribution is 2.65. The summed E-state index contributed by atoms with van der Waals surface area (Å²) >= 11 is 6.70. The van der Waals surface area contributed by atoms with Crippen LogP contribution in [0.3, 0.4) is 0 Å². The Morgan fingerprint density at radius 3 is 2.37 bits per heavy atom. The number of aliphatic hydroxyl groups is 1. The summed E-state index contributed by atoms with van der Waals surface area (Å²) in [6.07, 6.45) is 3.12. The number of benzene rings is 3. The number of hydrogen-bond acceptors (Lipinski definition) is 4. The normalized spacial score (nSPS) is 21.3. The molecule has 1 aliphatic carbocycles. The van der Waals surface area contributed by atoms with Gasteiger partial charge in [-0.3, -0.25) is 4.79 Å². The number of carbonyl (C=O) groups is 2. The van der Waals surface area contributed by atoms with Gasteiger partial charge in [0, 0.05) is 43.1 Å². The van der Waals surface area contributed by atoms with Crippen LogP contribution >= 0.6 is 11.6 Å². The molecule has 0 aromatic heterocycles. The van der Waals surface area contributed by atoms with E-state index < -0.39 is 11.4 Å². The van der Waals surface area contributed by atoms with Gasteiger partial charge in [-0.25, -0.2) is 4.79 Å². The minimum absolute atomic E-state index is 0.0371. The Labute approximate surface area is 228 Å². The van der Waals surface area contributed by atoms with Crippen LogP contribution in [-0.2, 0) is 10.2 Å². The SMILES string of the molecule is CC(C)c1ccc(C2CC23C(=O)Nc2cc(Cl)c(-c4ccc(N5CCCC5)cc4)cc23)cc1C(=O)O.CO. The summed E-state index contributed by atoms with van der Waals surface area (Å²) in [5.41, 5.74) is 6.20. The zero-order valence-corrected chi connectivity index (χ0v) is 22.7. The number of aliphatic hydroxyl groups excluding tert-OH is 1. The fourth-order valence-electron chi connectivity index (χ4n) is 6.14. The Bertz CT molecular complexity index is 1400. The molecule has 0 radical (unpaired) electrons. The van der Waals surface area contributed by atoms with Crippen molar-refractivity contribution in [1.29, 1.82) is 0 Å². The van der Waals surface area contributed by atoms with Gasteiger partial charge >= 0.3 is 5.97 Å². The molecule has 38 heavy (non-hydrogen) atoms. The number of amides is 1. The molecular weight excluding hydrogens is 500 g/mol. The first-order valence-electron chi connectivity index (χ1n) is 13.1. The minimum atomic E-state index is -0.932. The van der Waals surface area contributed by atoms with E-state index in [9.17, 15) is 14.7 Å². The van der Waals surface area contributed by atoms with Gasteiger partial charge in [-0.2, -0.15) is 0 Å². The number of carboxylic acids is 1. The van der Waals surface area contributed by atoms with Crippen molar-refractivity contribution in [3.8, 4) is 11.1 Å². The zero-order chi connectivity index (χ0) is 27.2. The van der Waals surface area contributed by atoms with E-state index >= 15 is 0 Å². The molecule has 1 amide bonds. The molecule has 6 nitrogen and oxygen atoms in total. The Hall–Kier alpha value is -3.35. The molecule has 2 fully saturated rings. The van der Waals surface area contributed by atoms with Crippen LogP contribution in [-0.4, -0.2) is 42.3 Å². The molecule has 3 aliphatic rings. The molecule has 1 saturated carbocycles. The lowest BCUT2D eigenvalue weighted by atomic mass is 9.88. The second-order valence-corrected chi connectivity index (χ2v) is 11.0. The number of halogens is 1. The smallest absolute Gasteiger partial charge is 0.335 e. The fourth-order valence-corrected chi connectivity index (χ4v) is 6.42. The molecule has 3 N–H and O–H groups in total. The number of hydrogen-bond donors (Lipinski definition) is 3. The van der Waals surface area contributed by atoms with Gasteiger partial charge < -0.3 is 20.4 Å². The van der Waals surface area contributed by atoms with Gasteiger partial charge in [-0.15, -0.1) is 0 Å². The number of anilines is 2. The van der Waals surface area contributed by atoms with Gasteiger partial charge in [-0.05, 0) is 77.8 Å². The van der Waals surface area contributed by atoms with E-state index in [4.69, 9.17) is 16.7 Å². The van der Waals surface area contributed by atoms with Crippen LogP contribution in [0.5, 0.6) is 0 Å². The van der Waals surface area contributed by atoms with Crippen molar-refractivity contribution in [2.75, 3.05) is 30.4 Å². The summed E-state index contributed by atoms with van der Waals surface area (Å²) < 4.78 is 0. The third kappa shape index (κ3) is 4.26. The van der Waals surface area contributed by atoms with Crippen LogP contribution in [0, 0.1) is 0 Å². The highest BCUT2D eigenvalue weighted by Gasteiger charge is 2.65. The molecule has 1 saturated heterocycles. The predicted molar refractivity (Wildman–Crippen MR) is 152 cm³/mol. The number of rotatable bonds is 5. The summed E-state index contributed by atoms with van der Waals surface area (Å²) in [7, 11) is 1.00. The van der Waals surface area contributed by atoms with Gasteiger partial charge in [0.1, 0.15) is 0 Å². The molecule has 2 unspecified atom stereocenters. The summed E-state index contributed by atoms with van der Waals surface area (Å²) in [4.78, 5) is 27.6. The summed E-state index contributed by atoms with van der Waals surface area (Å²) in [6, 6.07) is 18.1. The van der Waals surface area contributed by atoms with Crippen LogP contribution in [0.1, 0.15) is 72.0 Å². The van der Waals surface area contributed by atoms with Crippen molar-refractivity contribution in [3.63, 3.8) is 0 Å². The monoisotopic (exact) mass is 532 g/mol. The molecule has 2 aliphatic heterocycles. The highest BCUT2D eigenvalue weighted by molar-refractivity contribution is 6.34. The zero-order valence-electron chi connectivity index (χ0n) is 21.9. The predicted octanol–water partition coefficient (Wildman–Crippen LogP) is 6.41. The maximum absolute atomic E-state index is 13.3. The minimum Gasteiger partial charge on any atom is -0.478 e. The second-order valence-electron chi connectivity index (χ2n) is 10.6. The maximum atomic E-state index is 13.3. The molecule has 7 heteroatoms. The molecule has 2 heterocycles. The second kappa shape index (κ2) is 10.1. The Kier molecular flexibility index (Phi) is 6.97. The van der Waals surface area contributed by atoms with Crippen LogP contribution in [0.25, 0.3) is 11.1 Å². The first-order chi connectivity index (χ1) is 18.3. The number of nitrogens with zero attached hydrogens (tertiary/aromatic N) is 1. The van der Waals surface area contributed by atoms with Gasteiger partial charge in [0.2, 0.25) is 5.91 Å². The van der Waals surface area contributed by atoms with Crippen molar-refractivity contribution >= 4 is 34.9 Å². The molecule has 3 aromatic carbocycles. The number of carbonyl (C=O) groups excluding carboxylic acids is 1. The van der Waals surface area contributed by atoms with Crippen LogP contribution in [0.15, 0.2) is 54.6 Å². The van der Waals surface area contributed by atoms with Gasteiger partial charge in [0.15, 0.2) is 0 Å². The van der Waals surface area contributed by atoms with E-state index in [0.717, 1.165) is 53.7 Å². The lowest BCUT2D eigenvalue weighted by Gasteiger charge is -2.18. The van der Waals surface area contributed by atoms with E-state index in [-0.39, 0.29) is 17.7 Å². The average Bonchev–Trinajstić information content (AvgIpc) is 3.30. The molecular formula is C31H33ClN2O4. The number of nitrogens with one attached hydrogen (secondary N) is 1. The Morgan fingerprint density at radius 1 is 1.05 bits per heavy atom. The third-order valence-electron chi connectivity index (χ3n) is 8.18. The molecule has 1 spiro atoms. The van der Waals surface area contributed by atoms with Gasteiger partial charge in [-0.1, -0.05) is 49.7 Å². The molecule has 198 valence electrons. The fraction of sp³-hybridized carbons (Fsp3) is 0.355. The largest absolute Gasteiger partial charge is 0.478 e. The van der Waals surface area contributed by atoms with Crippen LogP contribution < -0.4 is 10.2 Å². The molecule has 0 bridgehead atoms.